The van der Waals surface area contributed by atoms with Gasteiger partial charge in [-0.25, -0.2) is 22.0 Å². The number of aryl methyl sites for hydroxylation is 1. The highest BCUT2D eigenvalue weighted by Gasteiger charge is 2.21. The second kappa shape index (κ2) is 5.03. The minimum Gasteiger partial charge on any atom is -0.288 e. The van der Waals surface area contributed by atoms with Gasteiger partial charge in [-0.05, 0) is 30.7 Å². The molecule has 0 radical (unpaired) electrons. The van der Waals surface area contributed by atoms with E-state index in [4.69, 9.17) is 0 Å². The maximum absolute atomic E-state index is 13.6. The quantitative estimate of drug-likeness (QED) is 0.464. The monoisotopic (exact) mass is 286 g/mol. The lowest BCUT2D eigenvalue weighted by Crippen LogP contribution is -2.08. The van der Waals surface area contributed by atoms with E-state index in [9.17, 15) is 26.7 Å². The molecule has 0 heterocycles. The van der Waals surface area contributed by atoms with Gasteiger partial charge in [0, 0.05) is 5.56 Å². The number of carbonyl (C=O) groups excluding carboxylic acids is 1. The van der Waals surface area contributed by atoms with Crippen molar-refractivity contribution in [3.63, 3.8) is 0 Å². The van der Waals surface area contributed by atoms with Gasteiger partial charge in [-0.1, -0.05) is 6.07 Å². The Bertz CT molecular complexity index is 686. The molecule has 0 unspecified atom stereocenters. The Hall–Kier alpha value is -2.24. The fourth-order valence-corrected chi connectivity index (χ4v) is 1.66. The lowest BCUT2D eigenvalue weighted by molar-refractivity contribution is 0.103. The number of ketones is 1. The minimum atomic E-state index is -1.74. The maximum Gasteiger partial charge on any atom is 0.196 e. The number of hydrogen-bond acceptors (Lipinski definition) is 1. The maximum atomic E-state index is 13.6. The average molecular weight is 286 g/mol. The highest BCUT2D eigenvalue weighted by Crippen LogP contribution is 2.21. The molecule has 0 amide bonds. The molecule has 0 saturated carbocycles. The highest BCUT2D eigenvalue weighted by molar-refractivity contribution is 6.09. The van der Waals surface area contributed by atoms with Gasteiger partial charge in [-0.2, -0.15) is 0 Å². The molecule has 6 heteroatoms. The molecule has 2 aromatic rings. The molecular formula is C14H7F5O. The van der Waals surface area contributed by atoms with E-state index in [1.807, 2.05) is 0 Å². The normalized spacial score (nSPS) is 10.7. The van der Waals surface area contributed by atoms with E-state index < -0.39 is 46.0 Å². The molecule has 20 heavy (non-hydrogen) atoms. The van der Waals surface area contributed by atoms with E-state index in [0.29, 0.717) is 12.1 Å². The van der Waals surface area contributed by atoms with Crippen LogP contribution < -0.4 is 0 Å². The minimum absolute atomic E-state index is 0.0180. The summed E-state index contributed by atoms with van der Waals surface area (Å²) in [6.07, 6.45) is 0. The molecule has 0 aliphatic heterocycles. The summed E-state index contributed by atoms with van der Waals surface area (Å²) in [4.78, 5) is 11.9. The van der Waals surface area contributed by atoms with Gasteiger partial charge in [0.2, 0.25) is 0 Å². The SMILES string of the molecule is Cc1ccc(C(=O)c2cc(F)c(F)c(F)c2)c(F)c1F. The van der Waals surface area contributed by atoms with Crippen LogP contribution in [0.3, 0.4) is 0 Å². The van der Waals surface area contributed by atoms with Crippen LogP contribution >= 0.6 is 0 Å². The Morgan fingerprint density at radius 3 is 1.95 bits per heavy atom. The fourth-order valence-electron chi connectivity index (χ4n) is 1.66. The Morgan fingerprint density at radius 1 is 0.850 bits per heavy atom. The molecule has 2 rings (SSSR count). The van der Waals surface area contributed by atoms with E-state index >= 15 is 0 Å². The van der Waals surface area contributed by atoms with E-state index in [0.717, 1.165) is 12.1 Å². The van der Waals surface area contributed by atoms with Crippen molar-refractivity contribution in [2.45, 2.75) is 6.92 Å². The topological polar surface area (TPSA) is 17.1 Å². The summed E-state index contributed by atoms with van der Waals surface area (Å²) >= 11 is 0. The Balaban J connectivity index is 2.55. The van der Waals surface area contributed by atoms with E-state index in [1.165, 1.54) is 6.92 Å². The smallest absolute Gasteiger partial charge is 0.196 e. The predicted octanol–water partition coefficient (Wildman–Crippen LogP) is 3.92. The number of halogens is 5. The number of hydrogen-bond donors (Lipinski definition) is 0. The molecule has 2 aromatic carbocycles. The zero-order valence-electron chi connectivity index (χ0n) is 10.1. The lowest BCUT2D eigenvalue weighted by atomic mass is 10.0. The average Bonchev–Trinajstić information content (AvgIpc) is 2.41. The molecule has 104 valence electrons. The van der Waals surface area contributed by atoms with Gasteiger partial charge in [-0.3, -0.25) is 4.79 Å². The van der Waals surface area contributed by atoms with Crippen LogP contribution in [0, 0.1) is 36.0 Å². The first-order valence-electron chi connectivity index (χ1n) is 5.46. The second-order valence-corrected chi connectivity index (χ2v) is 4.14. The van der Waals surface area contributed by atoms with Crippen molar-refractivity contribution in [3.05, 3.63) is 70.0 Å². The van der Waals surface area contributed by atoms with Gasteiger partial charge in [0.15, 0.2) is 34.9 Å². The molecule has 0 saturated heterocycles. The first kappa shape index (κ1) is 14.2. The van der Waals surface area contributed by atoms with Crippen molar-refractivity contribution in [1.29, 1.82) is 0 Å². The first-order chi connectivity index (χ1) is 9.32. The van der Waals surface area contributed by atoms with Gasteiger partial charge in [0.25, 0.3) is 0 Å². The molecule has 0 aliphatic rings. The standard InChI is InChI=1S/C14H7F5O/c1-6-2-3-8(12(18)11(6)17)14(20)7-4-9(15)13(19)10(16)5-7/h2-5H,1H3. The van der Waals surface area contributed by atoms with Crippen molar-refractivity contribution in [3.8, 4) is 0 Å². The molecular weight excluding hydrogens is 279 g/mol. The third kappa shape index (κ3) is 2.29. The van der Waals surface area contributed by atoms with Crippen LogP contribution in [0.1, 0.15) is 21.5 Å². The number of benzene rings is 2. The molecule has 0 aromatic heterocycles. The first-order valence-corrected chi connectivity index (χ1v) is 5.46. The van der Waals surface area contributed by atoms with Crippen molar-refractivity contribution < 1.29 is 26.7 Å². The second-order valence-electron chi connectivity index (χ2n) is 4.14. The van der Waals surface area contributed by atoms with Crippen LogP contribution in [0.4, 0.5) is 22.0 Å². The number of rotatable bonds is 2. The summed E-state index contributed by atoms with van der Waals surface area (Å²) < 4.78 is 65.8. The van der Waals surface area contributed by atoms with Crippen LogP contribution in [-0.2, 0) is 0 Å². The van der Waals surface area contributed by atoms with Crippen LogP contribution in [0.5, 0.6) is 0 Å². The predicted molar refractivity (Wildman–Crippen MR) is 60.8 cm³/mol. The summed E-state index contributed by atoms with van der Waals surface area (Å²) in [6, 6.07) is 3.01. The number of carbonyl (C=O) groups is 1. The molecule has 0 spiro atoms. The van der Waals surface area contributed by atoms with Gasteiger partial charge < -0.3 is 0 Å². The van der Waals surface area contributed by atoms with Gasteiger partial charge >= 0.3 is 0 Å². The molecule has 0 aliphatic carbocycles. The molecule has 0 fully saturated rings. The van der Waals surface area contributed by atoms with Crippen molar-refractivity contribution in [1.82, 2.24) is 0 Å². The lowest BCUT2D eigenvalue weighted by Gasteiger charge is -2.06. The van der Waals surface area contributed by atoms with Crippen LogP contribution in [0.15, 0.2) is 24.3 Å². The van der Waals surface area contributed by atoms with Crippen LogP contribution in [0.25, 0.3) is 0 Å². The summed E-state index contributed by atoms with van der Waals surface area (Å²) in [5.41, 5.74) is -1.31. The highest BCUT2D eigenvalue weighted by atomic mass is 19.2. The summed E-state index contributed by atoms with van der Waals surface area (Å²) in [5.74, 6) is -8.68. The zero-order valence-corrected chi connectivity index (χ0v) is 10.1. The van der Waals surface area contributed by atoms with Gasteiger partial charge in [0.1, 0.15) is 0 Å². The molecule has 1 nitrogen and oxygen atoms in total. The summed E-state index contributed by atoms with van der Waals surface area (Å²) in [6.45, 7) is 1.30. The summed E-state index contributed by atoms with van der Waals surface area (Å²) in [7, 11) is 0. The zero-order chi connectivity index (χ0) is 15.0. The Labute approximate surface area is 110 Å². The van der Waals surface area contributed by atoms with E-state index in [2.05, 4.69) is 0 Å². The van der Waals surface area contributed by atoms with E-state index in [-0.39, 0.29) is 5.56 Å². The van der Waals surface area contributed by atoms with E-state index in [1.54, 1.807) is 0 Å². The van der Waals surface area contributed by atoms with Gasteiger partial charge in [0.05, 0.1) is 5.56 Å². The third-order valence-electron chi connectivity index (χ3n) is 2.77. The van der Waals surface area contributed by atoms with Crippen LogP contribution in [-0.4, -0.2) is 5.78 Å². The van der Waals surface area contributed by atoms with Crippen LogP contribution in [0.2, 0.25) is 0 Å². The summed E-state index contributed by atoms with van der Waals surface area (Å²) in [5, 5.41) is 0. The van der Waals surface area contributed by atoms with Crippen molar-refractivity contribution in [2.75, 3.05) is 0 Å². The van der Waals surface area contributed by atoms with Crippen molar-refractivity contribution in [2.24, 2.45) is 0 Å². The third-order valence-corrected chi connectivity index (χ3v) is 2.77. The molecule has 0 N–H and O–H groups in total. The van der Waals surface area contributed by atoms with Crippen molar-refractivity contribution >= 4 is 5.78 Å². The largest absolute Gasteiger partial charge is 0.288 e. The fraction of sp³-hybridized carbons (Fsp3) is 0.0714. The molecule has 0 bridgehead atoms. The molecule has 0 atom stereocenters. The van der Waals surface area contributed by atoms with Gasteiger partial charge in [-0.15, -0.1) is 0 Å². The Kier molecular flexibility index (Phi) is 3.57. The Morgan fingerprint density at radius 2 is 1.40 bits per heavy atom.